The van der Waals surface area contributed by atoms with E-state index in [9.17, 15) is 9.90 Å². The minimum Gasteiger partial charge on any atom is -0.455 e. The normalized spacial score (nSPS) is 12.5. The van der Waals surface area contributed by atoms with Gasteiger partial charge in [-0.1, -0.05) is 71.1 Å². The number of carbonyl (C=O) groups excluding carboxylic acids is 1. The van der Waals surface area contributed by atoms with Gasteiger partial charge in [0.15, 0.2) is 11.5 Å². The highest BCUT2D eigenvalue weighted by atomic mass is 16.4. The molecular weight excluding hydrogens is 276 g/mol. The van der Waals surface area contributed by atoms with Crippen molar-refractivity contribution in [2.24, 2.45) is 0 Å². The quantitative estimate of drug-likeness (QED) is 0.368. The Morgan fingerprint density at radius 3 is 2.05 bits per heavy atom. The van der Waals surface area contributed by atoms with E-state index < -0.39 is 6.10 Å². The number of ketones is 1. The molecule has 1 unspecified atom stereocenters. The van der Waals surface area contributed by atoms with Crippen LogP contribution in [0.4, 0.5) is 0 Å². The molecule has 0 spiro atoms. The summed E-state index contributed by atoms with van der Waals surface area (Å²) in [7, 11) is 0. The van der Waals surface area contributed by atoms with Gasteiger partial charge in [0.25, 0.3) is 0 Å². The molecule has 0 aliphatic carbocycles. The molecule has 0 aliphatic rings. The van der Waals surface area contributed by atoms with Gasteiger partial charge in [0, 0.05) is 6.92 Å². The van der Waals surface area contributed by atoms with E-state index in [1.54, 1.807) is 12.1 Å². The number of hydrogen-bond acceptors (Lipinski definition) is 3. The second-order valence-electron chi connectivity index (χ2n) is 6.24. The number of unbranched alkanes of at least 4 members (excludes halogenated alkanes) is 9. The van der Waals surface area contributed by atoms with Gasteiger partial charge in [-0.3, -0.25) is 4.79 Å². The monoisotopic (exact) mass is 308 g/mol. The second kappa shape index (κ2) is 11.5. The van der Waals surface area contributed by atoms with Crippen LogP contribution in [-0.4, -0.2) is 10.9 Å². The number of aliphatic hydroxyl groups is 1. The van der Waals surface area contributed by atoms with Crippen molar-refractivity contribution in [3.05, 3.63) is 23.7 Å². The molecule has 22 heavy (non-hydrogen) atoms. The third kappa shape index (κ3) is 7.79. The molecule has 0 bridgehead atoms. The Morgan fingerprint density at radius 2 is 1.55 bits per heavy atom. The molecule has 0 aliphatic heterocycles. The van der Waals surface area contributed by atoms with Gasteiger partial charge in [0.05, 0.1) is 0 Å². The summed E-state index contributed by atoms with van der Waals surface area (Å²) in [6, 6.07) is 3.34. The Kier molecular flexibility index (Phi) is 9.89. The number of aliphatic hydroxyl groups excluding tert-OH is 1. The first kappa shape index (κ1) is 19.0. The van der Waals surface area contributed by atoms with Crippen LogP contribution >= 0.6 is 0 Å². The summed E-state index contributed by atoms with van der Waals surface area (Å²) in [5, 5.41) is 10.0. The van der Waals surface area contributed by atoms with Crippen LogP contribution in [0.15, 0.2) is 16.5 Å². The van der Waals surface area contributed by atoms with Crippen molar-refractivity contribution in [3.8, 4) is 0 Å². The van der Waals surface area contributed by atoms with Crippen molar-refractivity contribution < 1.29 is 14.3 Å². The molecule has 0 amide bonds. The fourth-order valence-corrected chi connectivity index (χ4v) is 2.69. The number of carbonyl (C=O) groups is 1. The Balaban J connectivity index is 2.00. The van der Waals surface area contributed by atoms with Crippen LogP contribution in [-0.2, 0) is 0 Å². The van der Waals surface area contributed by atoms with E-state index >= 15 is 0 Å². The molecule has 1 atom stereocenters. The van der Waals surface area contributed by atoms with Gasteiger partial charge in [0.1, 0.15) is 11.9 Å². The highest BCUT2D eigenvalue weighted by Gasteiger charge is 2.13. The maximum absolute atomic E-state index is 11.1. The first-order valence-corrected chi connectivity index (χ1v) is 8.94. The molecule has 126 valence electrons. The van der Waals surface area contributed by atoms with Gasteiger partial charge in [-0.05, 0) is 18.6 Å². The lowest BCUT2D eigenvalue weighted by atomic mass is 10.0. The summed E-state index contributed by atoms with van der Waals surface area (Å²) in [6.45, 7) is 3.72. The number of rotatable bonds is 13. The number of hydrogen-bond donors (Lipinski definition) is 1. The third-order valence-electron chi connectivity index (χ3n) is 4.13. The van der Waals surface area contributed by atoms with E-state index in [4.69, 9.17) is 4.42 Å². The van der Waals surface area contributed by atoms with Gasteiger partial charge in [-0.25, -0.2) is 0 Å². The predicted octanol–water partition coefficient (Wildman–Crippen LogP) is 5.83. The molecule has 3 nitrogen and oxygen atoms in total. The minimum atomic E-state index is -0.581. The van der Waals surface area contributed by atoms with E-state index in [2.05, 4.69) is 6.92 Å². The molecule has 0 saturated carbocycles. The Morgan fingerprint density at radius 1 is 1.00 bits per heavy atom. The van der Waals surface area contributed by atoms with Crippen LogP contribution in [0.25, 0.3) is 0 Å². The van der Waals surface area contributed by atoms with Crippen LogP contribution in [0.2, 0.25) is 0 Å². The number of furan rings is 1. The Labute approximate surface area is 135 Å². The summed E-state index contributed by atoms with van der Waals surface area (Å²) in [5.74, 6) is 0.746. The van der Waals surface area contributed by atoms with Crippen molar-refractivity contribution in [3.63, 3.8) is 0 Å². The Bertz CT molecular complexity index is 409. The highest BCUT2D eigenvalue weighted by Crippen LogP contribution is 2.22. The summed E-state index contributed by atoms with van der Waals surface area (Å²) >= 11 is 0. The summed E-state index contributed by atoms with van der Waals surface area (Å²) < 4.78 is 5.35. The van der Waals surface area contributed by atoms with Crippen LogP contribution in [0, 0.1) is 0 Å². The van der Waals surface area contributed by atoms with Crippen molar-refractivity contribution in [1.82, 2.24) is 0 Å². The highest BCUT2D eigenvalue weighted by molar-refractivity contribution is 5.91. The molecule has 1 heterocycles. The first-order chi connectivity index (χ1) is 10.6. The molecule has 3 heteroatoms. The first-order valence-electron chi connectivity index (χ1n) is 8.94. The molecule has 1 N–H and O–H groups in total. The minimum absolute atomic E-state index is 0.0996. The maximum Gasteiger partial charge on any atom is 0.194 e. The van der Waals surface area contributed by atoms with E-state index in [1.807, 2.05) is 0 Å². The summed E-state index contributed by atoms with van der Waals surface area (Å²) in [5.41, 5.74) is 0. The fourth-order valence-electron chi connectivity index (χ4n) is 2.69. The van der Waals surface area contributed by atoms with Crippen LogP contribution < -0.4 is 0 Å². The third-order valence-corrected chi connectivity index (χ3v) is 4.13. The van der Waals surface area contributed by atoms with Gasteiger partial charge in [0.2, 0.25) is 0 Å². The van der Waals surface area contributed by atoms with E-state index in [0.29, 0.717) is 17.9 Å². The van der Waals surface area contributed by atoms with Gasteiger partial charge >= 0.3 is 0 Å². The lowest BCUT2D eigenvalue weighted by molar-refractivity contribution is 0.0968. The van der Waals surface area contributed by atoms with Gasteiger partial charge < -0.3 is 9.52 Å². The van der Waals surface area contributed by atoms with E-state index in [-0.39, 0.29) is 5.78 Å². The molecule has 0 fully saturated rings. The zero-order valence-corrected chi connectivity index (χ0v) is 14.3. The SMILES string of the molecule is CCCCCCCCCCCCC(O)c1ccc(C(C)=O)o1. The maximum atomic E-state index is 11.1. The average molecular weight is 308 g/mol. The van der Waals surface area contributed by atoms with Crippen molar-refractivity contribution >= 4 is 5.78 Å². The largest absolute Gasteiger partial charge is 0.455 e. The molecule has 1 rings (SSSR count). The molecule has 0 aromatic carbocycles. The molecule has 1 aromatic rings. The van der Waals surface area contributed by atoms with Crippen LogP contribution in [0.1, 0.15) is 107 Å². The zero-order valence-electron chi connectivity index (χ0n) is 14.3. The fraction of sp³-hybridized carbons (Fsp3) is 0.737. The molecule has 1 aromatic heterocycles. The smallest absolute Gasteiger partial charge is 0.194 e. The lowest BCUT2D eigenvalue weighted by Gasteiger charge is -2.07. The zero-order chi connectivity index (χ0) is 16.2. The number of Topliss-reactive ketones (excluding diaryl/α,β-unsaturated/α-hetero) is 1. The average Bonchev–Trinajstić information content (AvgIpc) is 2.99. The van der Waals surface area contributed by atoms with Crippen molar-refractivity contribution in [2.75, 3.05) is 0 Å². The van der Waals surface area contributed by atoms with E-state index in [0.717, 1.165) is 12.8 Å². The van der Waals surface area contributed by atoms with Crippen molar-refractivity contribution in [2.45, 2.75) is 90.6 Å². The second-order valence-corrected chi connectivity index (χ2v) is 6.24. The standard InChI is InChI=1S/C19H32O3/c1-3-4-5-6-7-8-9-10-11-12-13-17(21)19-15-14-18(22-19)16(2)20/h14-15,17,21H,3-13H2,1-2H3. The van der Waals surface area contributed by atoms with Crippen molar-refractivity contribution in [1.29, 1.82) is 0 Å². The predicted molar refractivity (Wildman–Crippen MR) is 90.1 cm³/mol. The summed E-state index contributed by atoms with van der Waals surface area (Å²) in [6.07, 6.45) is 13.0. The molecular formula is C19H32O3. The van der Waals surface area contributed by atoms with Crippen LogP contribution in [0.5, 0.6) is 0 Å². The topological polar surface area (TPSA) is 50.4 Å². The van der Waals surface area contributed by atoms with Gasteiger partial charge in [-0.15, -0.1) is 0 Å². The molecule has 0 saturated heterocycles. The molecule has 0 radical (unpaired) electrons. The van der Waals surface area contributed by atoms with E-state index in [1.165, 1.54) is 58.3 Å². The van der Waals surface area contributed by atoms with Crippen LogP contribution in [0.3, 0.4) is 0 Å². The van der Waals surface area contributed by atoms with Gasteiger partial charge in [-0.2, -0.15) is 0 Å². The lowest BCUT2D eigenvalue weighted by Crippen LogP contribution is -1.96. The Hall–Kier alpha value is -1.09. The summed E-state index contributed by atoms with van der Waals surface area (Å²) in [4.78, 5) is 11.1.